The molecule has 6 rings (SSSR count). The lowest BCUT2D eigenvalue weighted by molar-refractivity contribution is -0.192. The van der Waals surface area contributed by atoms with Gasteiger partial charge in [-0.15, -0.1) is 0 Å². The smallest absolute Gasteiger partial charge is 0.489 e. The first-order valence-corrected chi connectivity index (χ1v) is 11.0. The van der Waals surface area contributed by atoms with E-state index in [1.807, 2.05) is 24.3 Å². The summed E-state index contributed by atoms with van der Waals surface area (Å²) in [4.78, 5) is 37.2. The van der Waals surface area contributed by atoms with Gasteiger partial charge in [0.15, 0.2) is 0 Å². The maximum Gasteiger partial charge on any atom is 0.490 e. The average molecular weight is 481 g/mol. The SMILES string of the molecule is O=C(O)C(F)(F)F.O=C1NCC23CC(CN2C(=O)C2(C/C=C\COc4ccccc41)CNC2)C3. The summed E-state index contributed by atoms with van der Waals surface area (Å²) >= 11 is 0. The zero-order valence-corrected chi connectivity index (χ0v) is 18.4. The summed E-state index contributed by atoms with van der Waals surface area (Å²) in [5.41, 5.74) is 0.00201. The van der Waals surface area contributed by atoms with Crippen molar-refractivity contribution in [2.24, 2.45) is 11.3 Å². The molecule has 8 nitrogen and oxygen atoms in total. The van der Waals surface area contributed by atoms with Crippen molar-refractivity contribution < 1.29 is 37.4 Å². The first kappa shape index (κ1) is 24.1. The maximum atomic E-state index is 13.4. The molecular weight excluding hydrogens is 455 g/mol. The van der Waals surface area contributed by atoms with Crippen LogP contribution in [0, 0.1) is 11.3 Å². The molecule has 3 N–H and O–H groups in total. The number of benzene rings is 1. The number of nitrogens with one attached hydrogen (secondary N) is 2. The number of halogens is 3. The number of carboxylic acids is 1. The van der Waals surface area contributed by atoms with Crippen molar-refractivity contribution in [2.75, 3.05) is 32.8 Å². The van der Waals surface area contributed by atoms with E-state index in [1.54, 1.807) is 6.07 Å². The van der Waals surface area contributed by atoms with Gasteiger partial charge < -0.3 is 25.4 Å². The monoisotopic (exact) mass is 481 g/mol. The molecule has 4 heterocycles. The van der Waals surface area contributed by atoms with E-state index in [1.165, 1.54) is 0 Å². The topological polar surface area (TPSA) is 108 Å². The molecule has 184 valence electrons. The molecule has 34 heavy (non-hydrogen) atoms. The molecule has 0 radical (unpaired) electrons. The van der Waals surface area contributed by atoms with Crippen LogP contribution >= 0.6 is 0 Å². The number of ether oxygens (including phenoxy) is 1. The van der Waals surface area contributed by atoms with Crippen LogP contribution < -0.4 is 15.4 Å². The molecule has 1 aromatic carbocycles. The van der Waals surface area contributed by atoms with E-state index < -0.39 is 12.1 Å². The molecule has 1 saturated carbocycles. The highest BCUT2D eigenvalue weighted by Crippen LogP contribution is 2.52. The molecule has 0 aromatic heterocycles. The lowest BCUT2D eigenvalue weighted by Crippen LogP contribution is -2.65. The fourth-order valence-corrected chi connectivity index (χ4v) is 5.09. The summed E-state index contributed by atoms with van der Waals surface area (Å²) < 4.78 is 37.5. The van der Waals surface area contributed by atoms with Crippen LogP contribution in [-0.2, 0) is 9.59 Å². The Bertz CT molecular complexity index is 1000. The highest BCUT2D eigenvalue weighted by atomic mass is 19.4. The summed E-state index contributed by atoms with van der Waals surface area (Å²) in [5.74, 6) is -1.47. The van der Waals surface area contributed by atoms with Gasteiger partial charge in [0, 0.05) is 26.2 Å². The number of nitrogens with zero attached hydrogens (tertiary/aromatic N) is 1. The Morgan fingerprint density at radius 3 is 2.41 bits per heavy atom. The van der Waals surface area contributed by atoms with Crippen molar-refractivity contribution in [3.63, 3.8) is 0 Å². The summed E-state index contributed by atoms with van der Waals surface area (Å²) in [6.07, 6.45) is 1.65. The molecule has 0 atom stereocenters. The predicted molar refractivity (Wildman–Crippen MR) is 114 cm³/mol. The van der Waals surface area contributed by atoms with Crippen LogP contribution in [0.15, 0.2) is 36.4 Å². The van der Waals surface area contributed by atoms with E-state index in [2.05, 4.69) is 21.6 Å². The van der Waals surface area contributed by atoms with Crippen molar-refractivity contribution in [1.82, 2.24) is 15.5 Å². The number of rotatable bonds is 0. The Morgan fingerprint density at radius 2 is 1.79 bits per heavy atom. The minimum Gasteiger partial charge on any atom is -0.489 e. The van der Waals surface area contributed by atoms with Crippen LogP contribution in [0.5, 0.6) is 5.75 Å². The van der Waals surface area contributed by atoms with Crippen LogP contribution in [0.3, 0.4) is 0 Å². The van der Waals surface area contributed by atoms with Gasteiger partial charge in [0.25, 0.3) is 5.91 Å². The summed E-state index contributed by atoms with van der Waals surface area (Å²) in [6.45, 7) is 3.19. The van der Waals surface area contributed by atoms with Gasteiger partial charge in [0.05, 0.1) is 16.5 Å². The number of carbonyl (C=O) groups is 3. The van der Waals surface area contributed by atoms with Gasteiger partial charge in [0.2, 0.25) is 5.91 Å². The van der Waals surface area contributed by atoms with Crippen molar-refractivity contribution >= 4 is 17.8 Å². The van der Waals surface area contributed by atoms with Crippen molar-refractivity contribution in [3.8, 4) is 5.75 Å². The molecule has 11 heteroatoms. The normalized spacial score (nSPS) is 28.4. The minimum atomic E-state index is -5.08. The van der Waals surface area contributed by atoms with Gasteiger partial charge in [-0.3, -0.25) is 9.59 Å². The number of aliphatic carboxylic acids is 1. The Morgan fingerprint density at radius 1 is 1.12 bits per heavy atom. The Hall–Kier alpha value is -3.08. The third-order valence-electron chi connectivity index (χ3n) is 6.94. The second-order valence-electron chi connectivity index (χ2n) is 9.27. The lowest BCUT2D eigenvalue weighted by atomic mass is 9.71. The van der Waals surface area contributed by atoms with Crippen LogP contribution in [0.4, 0.5) is 13.2 Å². The second kappa shape index (κ2) is 8.94. The highest BCUT2D eigenvalue weighted by Gasteiger charge is 2.61. The Labute approximate surface area is 194 Å². The molecule has 1 aromatic rings. The Balaban J connectivity index is 0.000000344. The predicted octanol–water partition coefficient (Wildman–Crippen LogP) is 1.97. The van der Waals surface area contributed by atoms with E-state index in [-0.39, 0.29) is 22.8 Å². The molecule has 5 aliphatic rings. The standard InChI is InChI=1S/C21H25N3O3.C2HF3O2/c25-18-16-5-1-2-6-17(16)27-8-4-3-7-20(12-22-13-20)19(26)24-11-15-9-21(24,10-15)14-23-18;3-2(4,5)1(6)7/h1-6,15,22H,7-14H2,(H,23,25);(H,6,7)/b4-3-;. The quantitative estimate of drug-likeness (QED) is 0.489. The summed E-state index contributed by atoms with van der Waals surface area (Å²) in [5, 5.41) is 13.5. The first-order valence-electron chi connectivity index (χ1n) is 11.0. The number of allylic oxidation sites excluding steroid dienone is 1. The molecule has 3 saturated heterocycles. The molecule has 0 unspecified atom stereocenters. The van der Waals surface area contributed by atoms with Gasteiger partial charge in [-0.2, -0.15) is 13.2 Å². The Kier molecular flexibility index (Phi) is 6.32. The van der Waals surface area contributed by atoms with Gasteiger partial charge >= 0.3 is 12.1 Å². The van der Waals surface area contributed by atoms with Crippen LogP contribution in [-0.4, -0.2) is 72.3 Å². The van der Waals surface area contributed by atoms with Crippen molar-refractivity contribution in [1.29, 1.82) is 0 Å². The number of para-hydroxylation sites is 1. The number of amides is 2. The molecule has 2 spiro atoms. The van der Waals surface area contributed by atoms with Crippen LogP contribution in [0.2, 0.25) is 0 Å². The van der Waals surface area contributed by atoms with E-state index in [9.17, 15) is 22.8 Å². The second-order valence-corrected chi connectivity index (χ2v) is 9.27. The number of carbonyl (C=O) groups excluding carboxylic acids is 2. The third-order valence-corrected chi connectivity index (χ3v) is 6.94. The van der Waals surface area contributed by atoms with Gasteiger partial charge in [-0.25, -0.2) is 4.79 Å². The zero-order valence-electron chi connectivity index (χ0n) is 18.4. The molecule has 4 aliphatic heterocycles. The fourth-order valence-electron chi connectivity index (χ4n) is 5.09. The van der Waals surface area contributed by atoms with Gasteiger partial charge in [-0.05, 0) is 37.3 Å². The number of hydrogen-bond donors (Lipinski definition) is 3. The van der Waals surface area contributed by atoms with Crippen molar-refractivity contribution in [3.05, 3.63) is 42.0 Å². The molecule has 2 amide bonds. The van der Waals surface area contributed by atoms with E-state index >= 15 is 0 Å². The molecule has 2 bridgehead atoms. The highest BCUT2D eigenvalue weighted by molar-refractivity contribution is 5.97. The van der Waals surface area contributed by atoms with Crippen LogP contribution in [0.1, 0.15) is 29.6 Å². The van der Waals surface area contributed by atoms with E-state index in [0.717, 1.165) is 38.9 Å². The van der Waals surface area contributed by atoms with Crippen molar-refractivity contribution in [2.45, 2.75) is 31.0 Å². The molecule has 4 fully saturated rings. The summed E-state index contributed by atoms with van der Waals surface area (Å²) in [6, 6.07) is 7.33. The van der Waals surface area contributed by atoms with Gasteiger partial charge in [-0.1, -0.05) is 24.3 Å². The largest absolute Gasteiger partial charge is 0.490 e. The van der Waals surface area contributed by atoms with E-state index in [4.69, 9.17) is 14.6 Å². The molecule has 1 aliphatic carbocycles. The maximum absolute atomic E-state index is 13.4. The number of alkyl halides is 3. The molecular formula is C23H26F3N3O5. The number of carboxylic acid groups (broad SMARTS) is 1. The van der Waals surface area contributed by atoms with E-state index in [0.29, 0.717) is 30.4 Å². The van der Waals surface area contributed by atoms with Crippen LogP contribution in [0.25, 0.3) is 0 Å². The zero-order chi connectivity index (χ0) is 24.6. The number of hydrogen-bond acceptors (Lipinski definition) is 5. The van der Waals surface area contributed by atoms with Gasteiger partial charge in [0.1, 0.15) is 12.4 Å². The first-order chi connectivity index (χ1) is 16.1. The minimum absolute atomic E-state index is 0.135. The number of fused-ring (bicyclic) bond motifs is 1. The third kappa shape index (κ3) is 4.48. The fraction of sp³-hybridized carbons (Fsp3) is 0.522. The lowest BCUT2D eigenvalue weighted by Gasteiger charge is -2.48. The average Bonchev–Trinajstić information content (AvgIpc) is 3.28. The summed E-state index contributed by atoms with van der Waals surface area (Å²) in [7, 11) is 0.